The van der Waals surface area contributed by atoms with Crippen LogP contribution in [0.4, 0.5) is 0 Å². The van der Waals surface area contributed by atoms with Crippen molar-refractivity contribution in [1.29, 1.82) is 0 Å². The minimum absolute atomic E-state index is 0.0250. The van der Waals surface area contributed by atoms with Gasteiger partial charge in [0.15, 0.2) is 0 Å². The first-order valence-corrected chi connectivity index (χ1v) is 8.08. The fourth-order valence-corrected chi connectivity index (χ4v) is 3.40. The third-order valence-corrected chi connectivity index (χ3v) is 4.80. The number of hydrogen-bond donors (Lipinski definition) is 2. The van der Waals surface area contributed by atoms with Gasteiger partial charge in [-0.25, -0.2) is 0 Å². The molecule has 2 aromatic rings. The molecule has 1 aliphatic rings. The van der Waals surface area contributed by atoms with Gasteiger partial charge in [-0.1, -0.05) is 37.5 Å². The highest BCUT2D eigenvalue weighted by Gasteiger charge is 2.19. The van der Waals surface area contributed by atoms with Crippen LogP contribution in [0.2, 0.25) is 0 Å². The van der Waals surface area contributed by atoms with Crippen molar-refractivity contribution in [3.05, 3.63) is 46.2 Å². The maximum absolute atomic E-state index is 12.1. The predicted octanol–water partition coefficient (Wildman–Crippen LogP) is 3.59. The molecule has 0 spiro atoms. The molecule has 3 rings (SSSR count). The SMILES string of the molecule is C[C@H](NCc1cc2ccccc2[nH]c1=O)C1CCCCC1. The minimum Gasteiger partial charge on any atom is -0.322 e. The highest BCUT2D eigenvalue weighted by Crippen LogP contribution is 2.26. The Bertz CT molecular complexity index is 656. The van der Waals surface area contributed by atoms with Crippen LogP contribution in [0.15, 0.2) is 35.1 Å². The molecule has 0 unspecified atom stereocenters. The monoisotopic (exact) mass is 284 g/mol. The van der Waals surface area contributed by atoms with Crippen molar-refractivity contribution in [2.45, 2.75) is 51.6 Å². The number of para-hydroxylation sites is 1. The van der Waals surface area contributed by atoms with E-state index in [0.717, 1.165) is 22.4 Å². The lowest BCUT2D eigenvalue weighted by Crippen LogP contribution is -2.35. The summed E-state index contributed by atoms with van der Waals surface area (Å²) in [5.74, 6) is 0.762. The molecule has 0 radical (unpaired) electrons. The van der Waals surface area contributed by atoms with Crippen LogP contribution in [0.3, 0.4) is 0 Å². The normalized spacial score (nSPS) is 18.0. The lowest BCUT2D eigenvalue weighted by Gasteiger charge is -2.28. The van der Waals surface area contributed by atoms with Crippen LogP contribution in [0, 0.1) is 5.92 Å². The van der Waals surface area contributed by atoms with E-state index in [9.17, 15) is 4.79 Å². The Morgan fingerprint density at radius 2 is 2.00 bits per heavy atom. The number of H-pyrrole nitrogens is 1. The van der Waals surface area contributed by atoms with Gasteiger partial charge in [-0.05, 0) is 43.2 Å². The van der Waals surface area contributed by atoms with E-state index >= 15 is 0 Å². The van der Waals surface area contributed by atoms with E-state index in [2.05, 4.69) is 17.2 Å². The number of pyridine rings is 1. The molecule has 3 nitrogen and oxygen atoms in total. The molecule has 0 bridgehead atoms. The zero-order valence-corrected chi connectivity index (χ0v) is 12.7. The first kappa shape index (κ1) is 14.3. The molecule has 1 aliphatic carbocycles. The van der Waals surface area contributed by atoms with E-state index in [1.54, 1.807) is 0 Å². The molecule has 112 valence electrons. The van der Waals surface area contributed by atoms with Gasteiger partial charge in [0.05, 0.1) is 0 Å². The molecular weight excluding hydrogens is 260 g/mol. The van der Waals surface area contributed by atoms with Crippen molar-refractivity contribution in [3.8, 4) is 0 Å². The molecule has 1 aromatic heterocycles. The topological polar surface area (TPSA) is 44.9 Å². The van der Waals surface area contributed by atoms with Crippen LogP contribution >= 0.6 is 0 Å². The second-order valence-corrected chi connectivity index (χ2v) is 6.28. The summed E-state index contributed by atoms with van der Waals surface area (Å²) in [5, 5.41) is 4.65. The third-order valence-electron chi connectivity index (χ3n) is 4.80. The maximum Gasteiger partial charge on any atom is 0.252 e. The molecule has 3 heteroatoms. The summed E-state index contributed by atoms with van der Waals surface area (Å²) in [6.45, 7) is 2.91. The molecule has 0 aliphatic heterocycles. The van der Waals surface area contributed by atoms with Gasteiger partial charge in [0, 0.05) is 23.7 Å². The number of aromatic nitrogens is 1. The van der Waals surface area contributed by atoms with Crippen molar-refractivity contribution >= 4 is 10.9 Å². The third kappa shape index (κ3) is 3.35. The highest BCUT2D eigenvalue weighted by molar-refractivity contribution is 5.78. The van der Waals surface area contributed by atoms with Crippen LogP contribution in [0.5, 0.6) is 0 Å². The van der Waals surface area contributed by atoms with Gasteiger partial charge < -0.3 is 10.3 Å². The van der Waals surface area contributed by atoms with Crippen molar-refractivity contribution in [2.75, 3.05) is 0 Å². The molecule has 21 heavy (non-hydrogen) atoms. The van der Waals surface area contributed by atoms with E-state index in [1.807, 2.05) is 30.3 Å². The van der Waals surface area contributed by atoms with Gasteiger partial charge in [0.1, 0.15) is 0 Å². The summed E-state index contributed by atoms with van der Waals surface area (Å²) in [6.07, 6.45) is 6.73. The van der Waals surface area contributed by atoms with Gasteiger partial charge in [0.25, 0.3) is 5.56 Å². The number of benzene rings is 1. The van der Waals surface area contributed by atoms with E-state index < -0.39 is 0 Å². The Kier molecular flexibility index (Phi) is 4.39. The average molecular weight is 284 g/mol. The van der Waals surface area contributed by atoms with E-state index in [1.165, 1.54) is 32.1 Å². The van der Waals surface area contributed by atoms with E-state index in [-0.39, 0.29) is 5.56 Å². The Hall–Kier alpha value is -1.61. The van der Waals surface area contributed by atoms with Crippen molar-refractivity contribution in [3.63, 3.8) is 0 Å². The molecule has 1 atom stereocenters. The number of nitrogens with one attached hydrogen (secondary N) is 2. The molecule has 1 saturated carbocycles. The van der Waals surface area contributed by atoms with Crippen LogP contribution in [0.25, 0.3) is 10.9 Å². The lowest BCUT2D eigenvalue weighted by atomic mass is 9.84. The standard InChI is InChI=1S/C18H24N2O/c1-13(14-7-3-2-4-8-14)19-12-16-11-15-9-5-6-10-17(15)20-18(16)21/h5-6,9-11,13-14,19H,2-4,7-8,12H2,1H3,(H,20,21)/t13-/m0/s1. The number of rotatable bonds is 4. The second kappa shape index (κ2) is 6.44. The van der Waals surface area contributed by atoms with Gasteiger partial charge in [-0.2, -0.15) is 0 Å². The molecule has 0 saturated heterocycles. The van der Waals surface area contributed by atoms with Gasteiger partial charge in [-0.15, -0.1) is 0 Å². The van der Waals surface area contributed by atoms with Gasteiger partial charge in [0.2, 0.25) is 0 Å². The Balaban J connectivity index is 1.69. The van der Waals surface area contributed by atoms with Crippen LogP contribution in [0.1, 0.15) is 44.6 Å². The summed E-state index contributed by atoms with van der Waals surface area (Å²) in [4.78, 5) is 15.1. The smallest absolute Gasteiger partial charge is 0.252 e. The first-order chi connectivity index (χ1) is 10.2. The molecule has 1 aromatic carbocycles. The Labute approximate surface area is 125 Å². The minimum atomic E-state index is 0.0250. The molecule has 1 heterocycles. The summed E-state index contributed by atoms with van der Waals surface area (Å²) >= 11 is 0. The zero-order valence-electron chi connectivity index (χ0n) is 12.7. The molecular formula is C18H24N2O. The molecule has 1 fully saturated rings. The van der Waals surface area contributed by atoms with E-state index in [4.69, 9.17) is 0 Å². The van der Waals surface area contributed by atoms with Crippen molar-refractivity contribution < 1.29 is 0 Å². The lowest BCUT2D eigenvalue weighted by molar-refractivity contribution is 0.280. The zero-order chi connectivity index (χ0) is 14.7. The fourth-order valence-electron chi connectivity index (χ4n) is 3.40. The van der Waals surface area contributed by atoms with E-state index in [0.29, 0.717) is 12.6 Å². The van der Waals surface area contributed by atoms with Gasteiger partial charge in [-0.3, -0.25) is 4.79 Å². The largest absolute Gasteiger partial charge is 0.322 e. The van der Waals surface area contributed by atoms with Crippen molar-refractivity contribution in [1.82, 2.24) is 10.3 Å². The maximum atomic E-state index is 12.1. The molecule has 0 amide bonds. The highest BCUT2D eigenvalue weighted by atomic mass is 16.1. The summed E-state index contributed by atoms with van der Waals surface area (Å²) in [5.41, 5.74) is 1.76. The average Bonchev–Trinajstić information content (AvgIpc) is 2.53. The van der Waals surface area contributed by atoms with Crippen LogP contribution < -0.4 is 10.9 Å². The van der Waals surface area contributed by atoms with Gasteiger partial charge >= 0.3 is 0 Å². The van der Waals surface area contributed by atoms with Crippen LogP contribution in [-0.2, 0) is 6.54 Å². The van der Waals surface area contributed by atoms with Crippen LogP contribution in [-0.4, -0.2) is 11.0 Å². The Morgan fingerprint density at radius 3 is 2.81 bits per heavy atom. The molecule has 2 N–H and O–H groups in total. The second-order valence-electron chi connectivity index (χ2n) is 6.28. The Morgan fingerprint density at radius 1 is 1.24 bits per heavy atom. The van der Waals surface area contributed by atoms with Crippen molar-refractivity contribution in [2.24, 2.45) is 5.92 Å². The number of fused-ring (bicyclic) bond motifs is 1. The number of hydrogen-bond acceptors (Lipinski definition) is 2. The summed E-state index contributed by atoms with van der Waals surface area (Å²) in [6, 6.07) is 10.4. The summed E-state index contributed by atoms with van der Waals surface area (Å²) in [7, 11) is 0. The quantitative estimate of drug-likeness (QED) is 0.901. The summed E-state index contributed by atoms with van der Waals surface area (Å²) < 4.78 is 0. The number of aromatic amines is 1. The first-order valence-electron chi connectivity index (χ1n) is 8.08. The fraction of sp³-hybridized carbons (Fsp3) is 0.500. The predicted molar refractivity (Wildman–Crippen MR) is 87.4 cm³/mol.